The number of nitrogens with one attached hydrogen (secondary N) is 2. The molecule has 2 aromatic heterocycles. The number of sulfonamides is 1. The van der Waals surface area contributed by atoms with Gasteiger partial charge in [0.2, 0.25) is 0 Å². The van der Waals surface area contributed by atoms with Gasteiger partial charge in [0, 0.05) is 29.6 Å². The number of anilines is 1. The van der Waals surface area contributed by atoms with Gasteiger partial charge in [-0.05, 0) is 62.1 Å². The Kier molecular flexibility index (Phi) is 8.31. The van der Waals surface area contributed by atoms with E-state index in [0.29, 0.717) is 29.4 Å². The van der Waals surface area contributed by atoms with E-state index < -0.39 is 21.7 Å². The fourth-order valence-corrected chi connectivity index (χ4v) is 6.33. The van der Waals surface area contributed by atoms with Gasteiger partial charge in [0.1, 0.15) is 17.4 Å². The Morgan fingerprint density at radius 2 is 1.88 bits per heavy atom. The van der Waals surface area contributed by atoms with Gasteiger partial charge in [-0.25, -0.2) is 14.1 Å². The molecule has 0 saturated carbocycles. The lowest BCUT2D eigenvalue weighted by Crippen LogP contribution is -2.38. The molecular formula is C31H34FN5O4S. The Labute approximate surface area is 245 Å². The highest BCUT2D eigenvalue weighted by Gasteiger charge is 2.39. The highest BCUT2D eigenvalue weighted by molar-refractivity contribution is 7.90. The number of ether oxygens (including phenoxy) is 1. The molecule has 0 radical (unpaired) electrons. The summed E-state index contributed by atoms with van der Waals surface area (Å²) in [6.07, 6.45) is 2.09. The van der Waals surface area contributed by atoms with Gasteiger partial charge in [0.15, 0.2) is 5.03 Å². The molecule has 0 bridgehead atoms. The van der Waals surface area contributed by atoms with Crippen molar-refractivity contribution in [3.63, 3.8) is 0 Å². The summed E-state index contributed by atoms with van der Waals surface area (Å²) in [5.74, 6) is -0.205. The van der Waals surface area contributed by atoms with Crippen LogP contribution >= 0.6 is 0 Å². The standard InChI is InChI=1S/C31H34FN5O4S/c1-19(2)18-41-25-16-23(15-24(32)17-25)28-11-10-26(31(38)36-42(39,40)29-12-13-33-35-29)30(34-28)37-20(3)14-27(21(37)4)22-8-6-5-7-9-22/h5-13,15-17,19-21,27H,14,18H2,1-4H3,(H,33,35)(H,36,38). The van der Waals surface area contributed by atoms with Crippen molar-refractivity contribution >= 4 is 21.7 Å². The smallest absolute Gasteiger partial charge is 0.281 e. The third kappa shape index (κ3) is 6.15. The Morgan fingerprint density at radius 1 is 1.12 bits per heavy atom. The molecule has 1 aliphatic heterocycles. The maximum absolute atomic E-state index is 14.7. The Bertz CT molecular complexity index is 1660. The third-order valence-electron chi connectivity index (χ3n) is 7.43. The van der Waals surface area contributed by atoms with Crippen molar-refractivity contribution in [1.82, 2.24) is 19.9 Å². The van der Waals surface area contributed by atoms with Crippen LogP contribution in [0.1, 0.15) is 56.0 Å². The molecule has 1 fully saturated rings. The monoisotopic (exact) mass is 591 g/mol. The van der Waals surface area contributed by atoms with E-state index in [2.05, 4.69) is 40.9 Å². The molecule has 2 N–H and O–H groups in total. The molecule has 5 rings (SSSR count). The molecule has 1 saturated heterocycles. The second-order valence-corrected chi connectivity index (χ2v) is 12.7. The molecule has 2 aromatic carbocycles. The van der Waals surface area contributed by atoms with Gasteiger partial charge in [0.25, 0.3) is 15.9 Å². The van der Waals surface area contributed by atoms with E-state index in [-0.39, 0.29) is 34.5 Å². The average molecular weight is 592 g/mol. The van der Waals surface area contributed by atoms with Crippen LogP contribution < -0.4 is 14.4 Å². The molecule has 3 heterocycles. The zero-order chi connectivity index (χ0) is 30.0. The van der Waals surface area contributed by atoms with Gasteiger partial charge in [-0.2, -0.15) is 13.5 Å². The summed E-state index contributed by atoms with van der Waals surface area (Å²) >= 11 is 0. The highest BCUT2D eigenvalue weighted by atomic mass is 32.2. The summed E-state index contributed by atoms with van der Waals surface area (Å²) in [4.78, 5) is 20.5. The Hall–Kier alpha value is -4.25. The third-order valence-corrected chi connectivity index (χ3v) is 8.69. The summed E-state index contributed by atoms with van der Waals surface area (Å²) in [5.41, 5.74) is 2.16. The van der Waals surface area contributed by atoms with Crippen molar-refractivity contribution in [1.29, 1.82) is 0 Å². The predicted octanol–water partition coefficient (Wildman–Crippen LogP) is 5.54. The normalized spacial score (nSPS) is 18.8. The number of rotatable bonds is 9. The van der Waals surface area contributed by atoms with Gasteiger partial charge >= 0.3 is 0 Å². The van der Waals surface area contributed by atoms with E-state index in [1.807, 2.05) is 36.9 Å². The second-order valence-electron chi connectivity index (χ2n) is 11.1. The maximum Gasteiger partial charge on any atom is 0.281 e. The number of hydrogen-bond donors (Lipinski definition) is 2. The van der Waals surface area contributed by atoms with E-state index in [4.69, 9.17) is 9.72 Å². The number of benzene rings is 2. The topological polar surface area (TPSA) is 117 Å². The number of nitrogens with zero attached hydrogens (tertiary/aromatic N) is 3. The first kappa shape index (κ1) is 29.2. The minimum Gasteiger partial charge on any atom is -0.493 e. The second kappa shape index (κ2) is 11.9. The van der Waals surface area contributed by atoms with Crippen LogP contribution in [-0.4, -0.2) is 48.2 Å². The number of aromatic amines is 1. The Balaban J connectivity index is 1.57. The maximum atomic E-state index is 14.7. The molecule has 1 amide bonds. The van der Waals surface area contributed by atoms with Crippen LogP contribution in [0.25, 0.3) is 11.3 Å². The summed E-state index contributed by atoms with van der Waals surface area (Å²) < 4.78 is 48.3. The van der Waals surface area contributed by atoms with Crippen LogP contribution in [0.15, 0.2) is 78.0 Å². The molecule has 9 nitrogen and oxygen atoms in total. The first-order valence-corrected chi connectivity index (χ1v) is 15.4. The lowest BCUT2D eigenvalue weighted by molar-refractivity contribution is 0.0981. The van der Waals surface area contributed by atoms with E-state index in [1.165, 1.54) is 36.0 Å². The molecule has 11 heteroatoms. The molecule has 42 heavy (non-hydrogen) atoms. The molecule has 1 aliphatic rings. The fraction of sp³-hybridized carbons (Fsp3) is 0.323. The summed E-state index contributed by atoms with van der Waals surface area (Å²) in [5, 5.41) is 5.81. The van der Waals surface area contributed by atoms with E-state index in [1.54, 1.807) is 12.1 Å². The number of H-pyrrole nitrogens is 1. The van der Waals surface area contributed by atoms with Gasteiger partial charge < -0.3 is 9.64 Å². The van der Waals surface area contributed by atoms with Gasteiger partial charge in [-0.15, -0.1) is 0 Å². The quantitative estimate of drug-likeness (QED) is 0.263. The number of halogens is 1. The van der Waals surface area contributed by atoms with Crippen LogP contribution in [0.3, 0.4) is 0 Å². The van der Waals surface area contributed by atoms with Gasteiger partial charge in [-0.3, -0.25) is 9.89 Å². The van der Waals surface area contributed by atoms with E-state index >= 15 is 0 Å². The molecule has 3 atom stereocenters. The molecule has 220 valence electrons. The van der Waals surface area contributed by atoms with Crippen LogP contribution in [0, 0.1) is 11.7 Å². The molecule has 0 spiro atoms. The number of hydrogen-bond acceptors (Lipinski definition) is 7. The first-order valence-electron chi connectivity index (χ1n) is 13.9. The first-order chi connectivity index (χ1) is 20.0. The van der Waals surface area contributed by atoms with Crippen LogP contribution in [-0.2, 0) is 10.0 Å². The molecule has 3 unspecified atom stereocenters. The zero-order valence-electron chi connectivity index (χ0n) is 23.9. The van der Waals surface area contributed by atoms with Gasteiger partial charge in [0.05, 0.1) is 24.1 Å². The van der Waals surface area contributed by atoms with E-state index in [9.17, 15) is 17.6 Å². The minimum atomic E-state index is -4.20. The Morgan fingerprint density at radius 3 is 2.57 bits per heavy atom. The largest absolute Gasteiger partial charge is 0.493 e. The van der Waals surface area contributed by atoms with Crippen LogP contribution in [0.4, 0.5) is 10.2 Å². The number of aromatic nitrogens is 3. The highest BCUT2D eigenvalue weighted by Crippen LogP contribution is 2.41. The average Bonchev–Trinajstić information content (AvgIpc) is 3.60. The summed E-state index contributed by atoms with van der Waals surface area (Å²) in [7, 11) is -4.20. The van der Waals surface area contributed by atoms with Crippen molar-refractivity contribution in [2.24, 2.45) is 5.92 Å². The van der Waals surface area contributed by atoms with Crippen molar-refractivity contribution in [2.75, 3.05) is 11.5 Å². The zero-order valence-corrected chi connectivity index (χ0v) is 24.7. The summed E-state index contributed by atoms with van der Waals surface area (Å²) in [6, 6.07) is 18.8. The lowest BCUT2D eigenvalue weighted by atomic mass is 9.92. The van der Waals surface area contributed by atoms with Gasteiger partial charge in [-0.1, -0.05) is 44.2 Å². The number of amides is 1. The van der Waals surface area contributed by atoms with Crippen LogP contribution in [0.5, 0.6) is 5.75 Å². The van der Waals surface area contributed by atoms with E-state index in [0.717, 1.165) is 6.42 Å². The summed E-state index contributed by atoms with van der Waals surface area (Å²) in [6.45, 7) is 8.56. The van der Waals surface area contributed by atoms with Crippen molar-refractivity contribution < 1.29 is 22.3 Å². The lowest BCUT2D eigenvalue weighted by Gasteiger charge is -2.31. The predicted molar refractivity (Wildman–Crippen MR) is 158 cm³/mol. The van der Waals surface area contributed by atoms with Crippen molar-refractivity contribution in [2.45, 2.75) is 57.1 Å². The molecule has 4 aromatic rings. The number of carbonyl (C=O) groups is 1. The molecule has 0 aliphatic carbocycles. The van der Waals surface area contributed by atoms with Crippen LogP contribution in [0.2, 0.25) is 0 Å². The fourth-order valence-electron chi connectivity index (χ4n) is 5.45. The van der Waals surface area contributed by atoms with Crippen molar-refractivity contribution in [3.8, 4) is 17.0 Å². The van der Waals surface area contributed by atoms with Crippen molar-refractivity contribution in [3.05, 3.63) is 89.9 Å². The number of pyridine rings is 1. The molecular weight excluding hydrogens is 557 g/mol. The minimum absolute atomic E-state index is 0.0267. The number of carbonyl (C=O) groups excluding carboxylic acids is 1. The SMILES string of the molecule is CC(C)COc1cc(F)cc(-c2ccc(C(=O)NS(=O)(=O)c3ccn[nH]3)c(N3C(C)CC(c4ccccc4)C3C)n2)c1.